The lowest BCUT2D eigenvalue weighted by Gasteiger charge is -2.26. The number of ketones is 1. The first-order valence-electron chi connectivity index (χ1n) is 13.1. The van der Waals surface area contributed by atoms with Gasteiger partial charge in [-0.3, -0.25) is 14.4 Å². The summed E-state index contributed by atoms with van der Waals surface area (Å²) >= 11 is 1.89. The Morgan fingerprint density at radius 3 is 2.49 bits per heavy atom. The van der Waals surface area contributed by atoms with Crippen molar-refractivity contribution in [1.29, 1.82) is 0 Å². The van der Waals surface area contributed by atoms with Gasteiger partial charge in [0.2, 0.25) is 0 Å². The lowest BCUT2D eigenvalue weighted by atomic mass is 9.91. The zero-order chi connectivity index (χ0) is 26.6. The van der Waals surface area contributed by atoms with E-state index in [4.69, 9.17) is 5.11 Å². The monoisotopic (exact) mass is 519 g/mol. The van der Waals surface area contributed by atoms with E-state index in [9.17, 15) is 14.4 Å². The largest absolute Gasteiger partial charge is 0.481 e. The van der Waals surface area contributed by atoms with Crippen LogP contribution in [0.25, 0.3) is 11.1 Å². The SMILES string of the molecule is CCCCCCC(Sc1ccc(-c2cccc(C(C)=O)c2)cc1)C1C=CC(C(=O)NCCC(=O)O)=CC1. The second-order valence-electron chi connectivity index (χ2n) is 9.48. The lowest BCUT2D eigenvalue weighted by molar-refractivity contribution is -0.136. The zero-order valence-corrected chi connectivity index (χ0v) is 22.6. The predicted molar refractivity (Wildman–Crippen MR) is 151 cm³/mol. The van der Waals surface area contributed by atoms with Crippen molar-refractivity contribution < 1.29 is 19.5 Å². The number of Topliss-reactive ketones (excluding diaryl/α,β-unsaturated/α-hetero) is 1. The van der Waals surface area contributed by atoms with Crippen LogP contribution in [0.5, 0.6) is 0 Å². The zero-order valence-electron chi connectivity index (χ0n) is 21.7. The number of thioether (sulfide) groups is 1. The molecule has 0 bridgehead atoms. The Morgan fingerprint density at radius 2 is 1.84 bits per heavy atom. The Morgan fingerprint density at radius 1 is 1.05 bits per heavy atom. The number of benzene rings is 2. The van der Waals surface area contributed by atoms with Gasteiger partial charge in [-0.2, -0.15) is 0 Å². The molecule has 2 unspecified atom stereocenters. The molecule has 0 saturated heterocycles. The predicted octanol–water partition coefficient (Wildman–Crippen LogP) is 7.08. The molecule has 1 aliphatic carbocycles. The molecule has 6 heteroatoms. The molecule has 5 nitrogen and oxygen atoms in total. The molecule has 1 amide bonds. The first kappa shape index (κ1) is 28.5. The molecule has 0 saturated carbocycles. The number of rotatable bonds is 14. The van der Waals surface area contributed by atoms with E-state index in [2.05, 4.69) is 42.6 Å². The fourth-order valence-corrected chi connectivity index (χ4v) is 5.72. The molecule has 0 heterocycles. The molecule has 2 N–H and O–H groups in total. The molecule has 196 valence electrons. The summed E-state index contributed by atoms with van der Waals surface area (Å²) in [6.07, 6.45) is 12.7. The molecule has 0 spiro atoms. The summed E-state index contributed by atoms with van der Waals surface area (Å²) in [5, 5.41) is 11.8. The van der Waals surface area contributed by atoms with Gasteiger partial charge in [0.05, 0.1) is 6.42 Å². The maximum Gasteiger partial charge on any atom is 0.305 e. The van der Waals surface area contributed by atoms with Crippen molar-refractivity contribution in [3.63, 3.8) is 0 Å². The van der Waals surface area contributed by atoms with Gasteiger partial charge in [0.15, 0.2) is 5.78 Å². The smallest absolute Gasteiger partial charge is 0.305 e. The maximum atomic E-state index is 12.4. The number of carbonyl (C=O) groups excluding carboxylic acids is 2. The van der Waals surface area contributed by atoms with Crippen LogP contribution in [-0.2, 0) is 9.59 Å². The summed E-state index contributed by atoms with van der Waals surface area (Å²) < 4.78 is 0. The summed E-state index contributed by atoms with van der Waals surface area (Å²) in [6.45, 7) is 3.94. The van der Waals surface area contributed by atoms with Gasteiger partial charge < -0.3 is 10.4 Å². The average molecular weight is 520 g/mol. The fourth-order valence-electron chi connectivity index (χ4n) is 4.42. The average Bonchev–Trinajstić information content (AvgIpc) is 2.90. The second kappa shape index (κ2) is 14.6. The highest BCUT2D eigenvalue weighted by molar-refractivity contribution is 8.00. The van der Waals surface area contributed by atoms with Crippen LogP contribution < -0.4 is 5.32 Å². The van der Waals surface area contributed by atoms with E-state index in [1.807, 2.05) is 48.2 Å². The summed E-state index contributed by atoms with van der Waals surface area (Å²) in [4.78, 5) is 36.0. The van der Waals surface area contributed by atoms with E-state index >= 15 is 0 Å². The van der Waals surface area contributed by atoms with Crippen LogP contribution >= 0.6 is 11.8 Å². The third-order valence-corrected chi connectivity index (χ3v) is 8.02. The van der Waals surface area contributed by atoms with E-state index in [-0.39, 0.29) is 24.7 Å². The highest BCUT2D eigenvalue weighted by Crippen LogP contribution is 2.37. The quantitative estimate of drug-likeness (QED) is 0.158. The van der Waals surface area contributed by atoms with E-state index in [0.717, 1.165) is 29.5 Å². The summed E-state index contributed by atoms with van der Waals surface area (Å²) in [5.41, 5.74) is 3.45. The molecular weight excluding hydrogens is 482 g/mol. The number of allylic oxidation sites excluding steroid dienone is 2. The minimum atomic E-state index is -0.922. The molecule has 0 radical (unpaired) electrons. The van der Waals surface area contributed by atoms with Crippen molar-refractivity contribution >= 4 is 29.4 Å². The third kappa shape index (κ3) is 9.04. The Kier molecular flexibility index (Phi) is 11.2. The van der Waals surface area contributed by atoms with Crippen LogP contribution in [0.15, 0.2) is 77.2 Å². The number of hydrogen-bond donors (Lipinski definition) is 2. The number of nitrogens with one attached hydrogen (secondary N) is 1. The lowest BCUT2D eigenvalue weighted by Crippen LogP contribution is -2.28. The highest BCUT2D eigenvalue weighted by Gasteiger charge is 2.23. The van der Waals surface area contributed by atoms with E-state index in [1.165, 1.54) is 30.6 Å². The minimum Gasteiger partial charge on any atom is -0.481 e. The summed E-state index contributed by atoms with van der Waals surface area (Å²) in [6, 6.07) is 16.3. The van der Waals surface area contributed by atoms with Crippen LogP contribution in [0.2, 0.25) is 0 Å². The van der Waals surface area contributed by atoms with Crippen molar-refractivity contribution in [2.75, 3.05) is 6.54 Å². The van der Waals surface area contributed by atoms with Crippen LogP contribution in [-0.4, -0.2) is 34.6 Å². The first-order valence-corrected chi connectivity index (χ1v) is 14.0. The number of aliphatic carboxylic acids is 1. The van der Waals surface area contributed by atoms with Crippen molar-refractivity contribution in [3.05, 3.63) is 77.9 Å². The number of carboxylic acids is 1. The van der Waals surface area contributed by atoms with Crippen LogP contribution in [0.1, 0.15) is 69.2 Å². The number of carboxylic acid groups (broad SMARTS) is 1. The Bertz CT molecular complexity index is 1140. The molecule has 0 fully saturated rings. The number of carbonyl (C=O) groups is 3. The summed E-state index contributed by atoms with van der Waals surface area (Å²) in [7, 11) is 0. The number of amides is 1. The maximum absolute atomic E-state index is 12.4. The number of unbranched alkanes of at least 4 members (excludes halogenated alkanes) is 3. The van der Waals surface area contributed by atoms with Gasteiger partial charge in [-0.05, 0) is 55.0 Å². The molecule has 1 aliphatic rings. The van der Waals surface area contributed by atoms with Gasteiger partial charge in [0, 0.05) is 27.8 Å². The Labute approximate surface area is 224 Å². The Hall–Kier alpha value is -3.12. The van der Waals surface area contributed by atoms with Crippen molar-refractivity contribution in [2.24, 2.45) is 5.92 Å². The second-order valence-corrected chi connectivity index (χ2v) is 10.8. The van der Waals surface area contributed by atoms with Crippen LogP contribution in [0.3, 0.4) is 0 Å². The molecule has 2 atom stereocenters. The highest BCUT2D eigenvalue weighted by atomic mass is 32.2. The normalized spacial score (nSPS) is 15.6. The van der Waals surface area contributed by atoms with Gasteiger partial charge in [-0.15, -0.1) is 11.8 Å². The third-order valence-electron chi connectivity index (χ3n) is 6.58. The van der Waals surface area contributed by atoms with Gasteiger partial charge in [-0.1, -0.05) is 81.2 Å². The van der Waals surface area contributed by atoms with Gasteiger partial charge in [0.25, 0.3) is 5.91 Å². The van der Waals surface area contributed by atoms with Gasteiger partial charge in [-0.25, -0.2) is 0 Å². The molecule has 0 aromatic heterocycles. The van der Waals surface area contributed by atoms with Crippen molar-refractivity contribution in [3.8, 4) is 11.1 Å². The Balaban J connectivity index is 1.66. The molecule has 2 aromatic carbocycles. The van der Waals surface area contributed by atoms with E-state index < -0.39 is 5.97 Å². The molecule has 37 heavy (non-hydrogen) atoms. The molecule has 0 aliphatic heterocycles. The van der Waals surface area contributed by atoms with E-state index in [0.29, 0.717) is 16.7 Å². The molecule has 3 rings (SSSR count). The molecule has 2 aromatic rings. The number of hydrogen-bond acceptors (Lipinski definition) is 4. The summed E-state index contributed by atoms with van der Waals surface area (Å²) in [5.74, 6) is -0.744. The standard InChI is InChI=1S/C31H37NO4S/c1-3-4-5-6-10-29(24-11-13-25(14-12-24)31(36)32-20-19-30(34)35)37-28-17-15-23(16-18-28)27-9-7-8-26(21-27)22(2)33/h7-9,11,13-18,21,24,29H,3-6,10,12,19-20H2,1-2H3,(H,32,36)(H,34,35). The first-order chi connectivity index (χ1) is 17.9. The van der Waals surface area contributed by atoms with E-state index in [1.54, 1.807) is 6.92 Å². The minimum absolute atomic E-state index is 0.0652. The topological polar surface area (TPSA) is 83.5 Å². The fraction of sp³-hybridized carbons (Fsp3) is 0.387. The van der Waals surface area contributed by atoms with Gasteiger partial charge in [0.1, 0.15) is 0 Å². The molecular formula is C31H37NO4S. The van der Waals surface area contributed by atoms with Crippen molar-refractivity contribution in [1.82, 2.24) is 5.32 Å². The van der Waals surface area contributed by atoms with Crippen LogP contribution in [0.4, 0.5) is 0 Å². The van der Waals surface area contributed by atoms with Crippen LogP contribution in [0, 0.1) is 5.92 Å². The van der Waals surface area contributed by atoms with Gasteiger partial charge >= 0.3 is 5.97 Å². The van der Waals surface area contributed by atoms with Crippen molar-refractivity contribution in [2.45, 2.75) is 68.9 Å².